The standard InChI is InChI=1S/C19H14BrFN4O/c1-10-8-11(4-6-23-10)16-18-13(5-7-24-16)17(19(22)26-18)25-12-2-3-15(21)14(20)9-12/h2-9,25H,22H2,1H3. The zero-order chi connectivity index (χ0) is 18.3. The quantitative estimate of drug-likeness (QED) is 0.469. The van der Waals surface area contributed by atoms with Gasteiger partial charge in [0.05, 0.1) is 9.86 Å². The van der Waals surface area contributed by atoms with Crippen molar-refractivity contribution in [3.63, 3.8) is 0 Å². The van der Waals surface area contributed by atoms with E-state index in [2.05, 4.69) is 31.2 Å². The molecule has 0 saturated heterocycles. The fourth-order valence-electron chi connectivity index (χ4n) is 2.79. The Bertz CT molecular complexity index is 1130. The van der Waals surface area contributed by atoms with E-state index in [0.717, 1.165) is 16.6 Å². The number of nitrogens with zero attached hydrogens (tertiary/aromatic N) is 2. The molecule has 3 N–H and O–H groups in total. The summed E-state index contributed by atoms with van der Waals surface area (Å²) in [5, 5.41) is 3.99. The van der Waals surface area contributed by atoms with Gasteiger partial charge in [0, 0.05) is 29.3 Å². The van der Waals surface area contributed by atoms with Crippen molar-refractivity contribution in [3.05, 3.63) is 64.8 Å². The molecule has 3 heterocycles. The van der Waals surface area contributed by atoms with Gasteiger partial charge in [-0.1, -0.05) is 0 Å². The zero-order valence-electron chi connectivity index (χ0n) is 13.8. The van der Waals surface area contributed by atoms with Crippen molar-refractivity contribution in [3.8, 4) is 11.3 Å². The number of halogens is 2. The molecule has 0 radical (unpaired) electrons. The van der Waals surface area contributed by atoms with Gasteiger partial charge >= 0.3 is 0 Å². The molecule has 7 heteroatoms. The topological polar surface area (TPSA) is 77.0 Å². The third-order valence-corrected chi connectivity index (χ3v) is 4.60. The molecular formula is C19H14BrFN4O. The van der Waals surface area contributed by atoms with Crippen LogP contribution in [0.5, 0.6) is 0 Å². The van der Waals surface area contributed by atoms with Crippen LogP contribution in [0, 0.1) is 12.7 Å². The highest BCUT2D eigenvalue weighted by Gasteiger charge is 2.17. The summed E-state index contributed by atoms with van der Waals surface area (Å²) in [5.74, 6) is -0.0967. The number of fused-ring (bicyclic) bond motifs is 1. The van der Waals surface area contributed by atoms with E-state index in [1.54, 1.807) is 24.5 Å². The lowest BCUT2D eigenvalue weighted by Gasteiger charge is -2.07. The molecule has 4 aromatic rings. The van der Waals surface area contributed by atoms with Crippen LogP contribution in [0.4, 0.5) is 21.6 Å². The van der Waals surface area contributed by atoms with Crippen LogP contribution in [0.25, 0.3) is 22.2 Å². The van der Waals surface area contributed by atoms with Crippen LogP contribution in [0.15, 0.2) is 57.7 Å². The summed E-state index contributed by atoms with van der Waals surface area (Å²) in [7, 11) is 0. The van der Waals surface area contributed by atoms with Crippen molar-refractivity contribution in [2.75, 3.05) is 11.1 Å². The van der Waals surface area contributed by atoms with Crippen molar-refractivity contribution < 1.29 is 8.81 Å². The summed E-state index contributed by atoms with van der Waals surface area (Å²) < 4.78 is 19.6. The molecule has 0 spiro atoms. The van der Waals surface area contributed by atoms with Crippen molar-refractivity contribution in [1.82, 2.24) is 9.97 Å². The zero-order valence-corrected chi connectivity index (χ0v) is 15.3. The van der Waals surface area contributed by atoms with Crippen LogP contribution in [0.2, 0.25) is 0 Å². The summed E-state index contributed by atoms with van der Waals surface area (Å²) in [6.07, 6.45) is 3.43. The number of hydrogen-bond acceptors (Lipinski definition) is 5. The van der Waals surface area contributed by atoms with Crippen LogP contribution in [-0.2, 0) is 0 Å². The minimum absolute atomic E-state index is 0.237. The second-order valence-corrected chi connectivity index (χ2v) is 6.67. The lowest BCUT2D eigenvalue weighted by Crippen LogP contribution is -1.94. The number of pyridine rings is 2. The number of nitrogens with one attached hydrogen (secondary N) is 1. The molecule has 0 aliphatic rings. The summed E-state index contributed by atoms with van der Waals surface area (Å²) >= 11 is 3.18. The highest BCUT2D eigenvalue weighted by molar-refractivity contribution is 9.10. The molecule has 0 aliphatic carbocycles. The number of nitrogen functional groups attached to an aromatic ring is 1. The van der Waals surface area contributed by atoms with E-state index < -0.39 is 0 Å². The van der Waals surface area contributed by atoms with Crippen LogP contribution < -0.4 is 11.1 Å². The van der Waals surface area contributed by atoms with Crippen molar-refractivity contribution in [1.29, 1.82) is 0 Å². The van der Waals surface area contributed by atoms with Gasteiger partial charge in [0.1, 0.15) is 17.2 Å². The number of hydrogen-bond donors (Lipinski definition) is 2. The second kappa shape index (κ2) is 6.42. The summed E-state index contributed by atoms with van der Waals surface area (Å²) in [5.41, 5.74) is 10.4. The molecule has 26 heavy (non-hydrogen) atoms. The predicted octanol–water partition coefficient (Wildman–Crippen LogP) is 5.43. The maximum Gasteiger partial charge on any atom is 0.215 e. The first kappa shape index (κ1) is 16.5. The maximum absolute atomic E-state index is 13.5. The third-order valence-electron chi connectivity index (χ3n) is 3.99. The number of furan rings is 1. The Labute approximate surface area is 157 Å². The minimum atomic E-state index is -0.333. The average molecular weight is 413 g/mol. The van der Waals surface area contributed by atoms with Gasteiger partial charge in [0.25, 0.3) is 0 Å². The van der Waals surface area contributed by atoms with Gasteiger partial charge in [-0.2, -0.15) is 0 Å². The number of benzene rings is 1. The van der Waals surface area contributed by atoms with Crippen molar-refractivity contribution in [2.24, 2.45) is 0 Å². The third kappa shape index (κ3) is 2.90. The molecule has 4 rings (SSSR count). The lowest BCUT2D eigenvalue weighted by atomic mass is 10.1. The summed E-state index contributed by atoms with van der Waals surface area (Å²) in [6.45, 7) is 1.92. The van der Waals surface area contributed by atoms with Crippen LogP contribution in [0.3, 0.4) is 0 Å². The Hall–Kier alpha value is -2.93. The summed E-state index contributed by atoms with van der Waals surface area (Å²) in [4.78, 5) is 8.65. The van der Waals surface area contributed by atoms with E-state index in [1.807, 2.05) is 25.1 Å². The van der Waals surface area contributed by atoms with Crippen LogP contribution in [-0.4, -0.2) is 9.97 Å². The molecule has 0 saturated carbocycles. The number of nitrogens with two attached hydrogens (primary N) is 1. The van der Waals surface area contributed by atoms with E-state index in [9.17, 15) is 4.39 Å². The first-order valence-corrected chi connectivity index (χ1v) is 8.64. The number of aromatic nitrogens is 2. The summed E-state index contributed by atoms with van der Waals surface area (Å²) in [6, 6.07) is 10.3. The van der Waals surface area contributed by atoms with E-state index >= 15 is 0 Å². The monoisotopic (exact) mass is 412 g/mol. The van der Waals surface area contributed by atoms with E-state index in [0.29, 0.717) is 27.1 Å². The van der Waals surface area contributed by atoms with Gasteiger partial charge in [-0.05, 0) is 59.3 Å². The second-order valence-electron chi connectivity index (χ2n) is 5.82. The SMILES string of the molecule is Cc1cc(-c2nccc3c(Nc4ccc(F)c(Br)c4)c(N)oc23)ccn1. The fraction of sp³-hybridized carbons (Fsp3) is 0.0526. The molecule has 0 bridgehead atoms. The molecule has 130 valence electrons. The molecule has 0 atom stereocenters. The molecular weight excluding hydrogens is 399 g/mol. The average Bonchev–Trinajstić information content (AvgIpc) is 2.94. The van der Waals surface area contributed by atoms with Gasteiger partial charge < -0.3 is 15.5 Å². The Kier molecular flexibility index (Phi) is 4.08. The molecule has 1 aromatic carbocycles. The number of anilines is 3. The molecule has 0 aliphatic heterocycles. The first-order chi connectivity index (χ1) is 12.5. The van der Waals surface area contributed by atoms with Gasteiger partial charge in [0.15, 0.2) is 5.58 Å². The van der Waals surface area contributed by atoms with Crippen LogP contribution in [0.1, 0.15) is 5.69 Å². The van der Waals surface area contributed by atoms with Gasteiger partial charge in [-0.25, -0.2) is 4.39 Å². The van der Waals surface area contributed by atoms with Gasteiger partial charge in [-0.3, -0.25) is 9.97 Å². The van der Waals surface area contributed by atoms with Crippen molar-refractivity contribution >= 4 is 44.2 Å². The fourth-order valence-corrected chi connectivity index (χ4v) is 3.17. The minimum Gasteiger partial charge on any atom is -0.436 e. The molecule has 0 fully saturated rings. The highest BCUT2D eigenvalue weighted by atomic mass is 79.9. The van der Waals surface area contributed by atoms with E-state index in [1.165, 1.54) is 6.07 Å². The number of rotatable bonds is 3. The van der Waals surface area contributed by atoms with Crippen molar-refractivity contribution in [2.45, 2.75) is 6.92 Å². The van der Waals surface area contributed by atoms with E-state index in [-0.39, 0.29) is 11.7 Å². The molecule has 0 unspecified atom stereocenters. The van der Waals surface area contributed by atoms with Gasteiger partial charge in [0.2, 0.25) is 5.88 Å². The molecule has 3 aromatic heterocycles. The Morgan fingerprint density at radius 2 is 1.92 bits per heavy atom. The normalized spacial score (nSPS) is 11.0. The number of aryl methyl sites for hydroxylation is 1. The van der Waals surface area contributed by atoms with Crippen LogP contribution >= 0.6 is 15.9 Å². The van der Waals surface area contributed by atoms with Gasteiger partial charge in [-0.15, -0.1) is 0 Å². The Balaban J connectivity index is 1.83. The largest absolute Gasteiger partial charge is 0.436 e. The Morgan fingerprint density at radius 3 is 2.69 bits per heavy atom. The predicted molar refractivity (Wildman–Crippen MR) is 104 cm³/mol. The molecule has 5 nitrogen and oxygen atoms in total. The first-order valence-electron chi connectivity index (χ1n) is 7.85. The lowest BCUT2D eigenvalue weighted by molar-refractivity contribution is 0.621. The van der Waals surface area contributed by atoms with E-state index in [4.69, 9.17) is 10.2 Å². The Morgan fingerprint density at radius 1 is 1.12 bits per heavy atom. The smallest absolute Gasteiger partial charge is 0.215 e. The highest BCUT2D eigenvalue weighted by Crippen LogP contribution is 2.39. The molecule has 0 amide bonds. The maximum atomic E-state index is 13.5.